The molecular formula is C18H23N3O3S. The second-order valence-electron chi connectivity index (χ2n) is 6.52. The summed E-state index contributed by atoms with van der Waals surface area (Å²) in [6.07, 6.45) is 3.38. The first kappa shape index (κ1) is 17.8. The van der Waals surface area contributed by atoms with Gasteiger partial charge < -0.3 is 14.6 Å². The highest BCUT2D eigenvalue weighted by Gasteiger charge is 2.18. The fraction of sp³-hybridized carbons (Fsp3) is 0.500. The highest BCUT2D eigenvalue weighted by atomic mass is 32.1. The van der Waals surface area contributed by atoms with E-state index in [1.54, 1.807) is 22.8 Å². The quantitative estimate of drug-likeness (QED) is 0.655. The molecule has 6 nitrogen and oxygen atoms in total. The number of aromatic nitrogens is 2. The third kappa shape index (κ3) is 3.67. The van der Waals surface area contributed by atoms with E-state index in [2.05, 4.69) is 16.8 Å². The average Bonchev–Trinajstić information content (AvgIpc) is 3.14. The normalized spacial score (nSPS) is 16.2. The third-order valence-corrected chi connectivity index (χ3v) is 5.26. The van der Waals surface area contributed by atoms with E-state index in [0.29, 0.717) is 33.8 Å². The van der Waals surface area contributed by atoms with Crippen LogP contribution < -0.4 is 5.56 Å². The molecule has 0 aliphatic carbocycles. The summed E-state index contributed by atoms with van der Waals surface area (Å²) in [6.45, 7) is 5.06. The predicted molar refractivity (Wildman–Crippen MR) is 99.6 cm³/mol. The van der Waals surface area contributed by atoms with Crippen LogP contribution in [0.25, 0.3) is 10.9 Å². The fourth-order valence-corrected chi connectivity index (χ4v) is 3.67. The number of carbonyl (C=O) groups excluding carboxylic acids is 1. The first-order chi connectivity index (χ1) is 12.0. The number of nitrogens with one attached hydrogen (secondary N) is 1. The largest absolute Gasteiger partial charge is 0.465 e. The fourth-order valence-electron chi connectivity index (χ4n) is 3.38. The molecule has 1 fully saturated rings. The molecule has 134 valence electrons. The molecule has 1 aromatic carbocycles. The van der Waals surface area contributed by atoms with Crippen LogP contribution >= 0.6 is 12.2 Å². The summed E-state index contributed by atoms with van der Waals surface area (Å²) in [4.78, 5) is 30.0. The number of aromatic amines is 1. The predicted octanol–water partition coefficient (Wildman–Crippen LogP) is 2.72. The van der Waals surface area contributed by atoms with Gasteiger partial charge in [-0.1, -0.05) is 0 Å². The molecule has 7 heteroatoms. The summed E-state index contributed by atoms with van der Waals surface area (Å²) < 4.78 is 6.71. The Morgan fingerprint density at radius 3 is 2.76 bits per heavy atom. The van der Waals surface area contributed by atoms with Crippen molar-refractivity contribution >= 4 is 29.1 Å². The Bertz CT molecular complexity index is 897. The first-order valence-corrected chi connectivity index (χ1v) is 9.01. The molecule has 3 rings (SSSR count). The molecule has 25 heavy (non-hydrogen) atoms. The molecule has 0 amide bonds. The molecule has 1 N–H and O–H groups in total. The number of fused-ring (bicyclic) bond motifs is 1. The van der Waals surface area contributed by atoms with Crippen molar-refractivity contribution in [3.63, 3.8) is 0 Å². The van der Waals surface area contributed by atoms with Crippen molar-refractivity contribution in [1.82, 2.24) is 14.5 Å². The number of carbonyl (C=O) groups is 1. The van der Waals surface area contributed by atoms with Crippen LogP contribution in [0.1, 0.15) is 36.5 Å². The van der Waals surface area contributed by atoms with Crippen molar-refractivity contribution in [3.05, 3.63) is 38.9 Å². The Morgan fingerprint density at radius 2 is 2.08 bits per heavy atom. The van der Waals surface area contributed by atoms with E-state index in [1.807, 2.05) is 0 Å². The lowest BCUT2D eigenvalue weighted by Crippen LogP contribution is -2.32. The molecule has 0 spiro atoms. The molecule has 1 aliphatic rings. The summed E-state index contributed by atoms with van der Waals surface area (Å²) in [5.74, 6) is -0.440. The monoisotopic (exact) mass is 361 g/mol. The minimum atomic E-state index is -0.440. The third-order valence-electron chi connectivity index (χ3n) is 4.94. The van der Waals surface area contributed by atoms with Gasteiger partial charge in [-0.3, -0.25) is 9.36 Å². The number of likely N-dealkylation sites (tertiary alicyclic amines) is 1. The molecule has 2 aromatic rings. The van der Waals surface area contributed by atoms with E-state index in [9.17, 15) is 9.59 Å². The van der Waals surface area contributed by atoms with Crippen LogP contribution in [0.3, 0.4) is 0 Å². The number of methoxy groups -OCH3 is 1. The highest BCUT2D eigenvalue weighted by Crippen LogP contribution is 2.15. The highest BCUT2D eigenvalue weighted by molar-refractivity contribution is 7.71. The van der Waals surface area contributed by atoms with Gasteiger partial charge in [-0.25, -0.2) is 4.79 Å². The van der Waals surface area contributed by atoms with E-state index < -0.39 is 5.97 Å². The zero-order chi connectivity index (χ0) is 18.0. The minimum Gasteiger partial charge on any atom is -0.465 e. The summed E-state index contributed by atoms with van der Waals surface area (Å²) in [5.41, 5.74) is 0.825. The van der Waals surface area contributed by atoms with Crippen molar-refractivity contribution < 1.29 is 9.53 Å². The van der Waals surface area contributed by atoms with Gasteiger partial charge >= 0.3 is 5.97 Å². The number of H-pyrrole nitrogens is 1. The van der Waals surface area contributed by atoms with Crippen LogP contribution in [0.5, 0.6) is 0 Å². The number of ether oxygens (including phenoxy) is 1. The molecule has 1 atom stereocenters. The smallest absolute Gasteiger partial charge is 0.337 e. The van der Waals surface area contributed by atoms with Crippen molar-refractivity contribution in [2.75, 3.05) is 20.2 Å². The summed E-state index contributed by atoms with van der Waals surface area (Å²) in [6, 6.07) is 5.29. The second kappa shape index (κ2) is 7.49. The molecule has 0 radical (unpaired) electrons. The number of hydrogen-bond donors (Lipinski definition) is 1. The number of esters is 1. The van der Waals surface area contributed by atoms with Gasteiger partial charge in [0.1, 0.15) is 0 Å². The van der Waals surface area contributed by atoms with E-state index in [1.165, 1.54) is 20.0 Å². The molecule has 1 aromatic heterocycles. The van der Waals surface area contributed by atoms with Crippen LogP contribution in [0.2, 0.25) is 0 Å². The van der Waals surface area contributed by atoms with Crippen molar-refractivity contribution in [1.29, 1.82) is 0 Å². The van der Waals surface area contributed by atoms with Gasteiger partial charge in [-0.2, -0.15) is 0 Å². The van der Waals surface area contributed by atoms with Gasteiger partial charge in [0.05, 0.1) is 23.6 Å². The van der Waals surface area contributed by atoms with Crippen molar-refractivity contribution in [2.45, 2.75) is 38.8 Å². The van der Waals surface area contributed by atoms with Gasteiger partial charge in [-0.05, 0) is 69.7 Å². The Kier molecular flexibility index (Phi) is 5.34. The molecule has 0 bridgehead atoms. The molecule has 2 heterocycles. The van der Waals surface area contributed by atoms with Crippen molar-refractivity contribution in [2.24, 2.45) is 0 Å². The van der Waals surface area contributed by atoms with Gasteiger partial charge in [0, 0.05) is 12.6 Å². The number of rotatable bonds is 5. The van der Waals surface area contributed by atoms with Gasteiger partial charge in [0.2, 0.25) is 0 Å². The van der Waals surface area contributed by atoms with E-state index in [0.717, 1.165) is 19.5 Å². The zero-order valence-corrected chi connectivity index (χ0v) is 15.4. The lowest BCUT2D eigenvalue weighted by atomic mass is 10.1. The Morgan fingerprint density at radius 1 is 1.36 bits per heavy atom. The first-order valence-electron chi connectivity index (χ1n) is 8.60. The standard InChI is InChI=1S/C18H23N3O3S/c1-12(20-8-3-4-9-20)7-10-21-16(22)14-6-5-13(17(23)24-2)11-15(14)19-18(21)25/h5-6,11-12H,3-4,7-10H2,1-2H3,(H,19,25)/t12-/m1/s1. The average molecular weight is 361 g/mol. The van der Waals surface area contributed by atoms with Gasteiger partial charge in [-0.15, -0.1) is 0 Å². The van der Waals surface area contributed by atoms with Crippen LogP contribution in [0, 0.1) is 4.77 Å². The van der Waals surface area contributed by atoms with Crippen LogP contribution in [0.4, 0.5) is 0 Å². The van der Waals surface area contributed by atoms with Crippen LogP contribution in [0.15, 0.2) is 23.0 Å². The molecule has 1 saturated heterocycles. The summed E-state index contributed by atoms with van der Waals surface area (Å²) in [5, 5.41) is 0.523. The van der Waals surface area contributed by atoms with Gasteiger partial charge in [0.25, 0.3) is 5.56 Å². The molecule has 0 unspecified atom stereocenters. The number of hydrogen-bond acceptors (Lipinski definition) is 5. The van der Waals surface area contributed by atoms with E-state index >= 15 is 0 Å². The maximum absolute atomic E-state index is 12.8. The topological polar surface area (TPSA) is 67.3 Å². The molecular weight excluding hydrogens is 338 g/mol. The lowest BCUT2D eigenvalue weighted by Gasteiger charge is -2.23. The summed E-state index contributed by atoms with van der Waals surface area (Å²) >= 11 is 5.37. The van der Waals surface area contributed by atoms with Crippen LogP contribution in [-0.2, 0) is 11.3 Å². The second-order valence-corrected chi connectivity index (χ2v) is 6.91. The zero-order valence-electron chi connectivity index (χ0n) is 14.6. The van der Waals surface area contributed by atoms with E-state index in [4.69, 9.17) is 17.0 Å². The van der Waals surface area contributed by atoms with Crippen molar-refractivity contribution in [3.8, 4) is 0 Å². The minimum absolute atomic E-state index is 0.121. The maximum atomic E-state index is 12.8. The Labute approximate surface area is 151 Å². The number of benzene rings is 1. The molecule has 0 saturated carbocycles. The van der Waals surface area contributed by atoms with Crippen LogP contribution in [-0.4, -0.2) is 46.7 Å². The summed E-state index contributed by atoms with van der Waals surface area (Å²) in [7, 11) is 1.33. The SMILES string of the molecule is COC(=O)c1ccc2c(=O)n(CC[C@@H](C)N3CCCC3)c(=S)[nH]c2c1. The molecule has 1 aliphatic heterocycles. The van der Waals surface area contributed by atoms with Gasteiger partial charge in [0.15, 0.2) is 4.77 Å². The Hall–Kier alpha value is -1.99. The number of nitrogens with zero attached hydrogens (tertiary/aromatic N) is 2. The lowest BCUT2D eigenvalue weighted by molar-refractivity contribution is 0.0601. The maximum Gasteiger partial charge on any atom is 0.337 e. The Balaban J connectivity index is 1.87. The van der Waals surface area contributed by atoms with E-state index in [-0.39, 0.29) is 5.56 Å².